The van der Waals surface area contributed by atoms with Crippen LogP contribution < -0.4 is 9.47 Å². The van der Waals surface area contributed by atoms with Crippen LogP contribution in [0, 0.1) is 11.6 Å². The first-order chi connectivity index (χ1) is 11.6. The Morgan fingerprint density at radius 2 is 2.08 bits per heavy atom. The highest BCUT2D eigenvalue weighted by Crippen LogP contribution is 2.33. The topological polar surface area (TPSA) is 38.8 Å². The van der Waals surface area contributed by atoms with Crippen molar-refractivity contribution in [1.29, 1.82) is 0 Å². The number of amides is 1. The van der Waals surface area contributed by atoms with Crippen LogP contribution in [0.2, 0.25) is 0 Å². The smallest absolute Gasteiger partial charge is 0.257 e. The van der Waals surface area contributed by atoms with Crippen LogP contribution in [-0.4, -0.2) is 31.1 Å². The average molecular weight is 333 g/mol. The molecule has 0 aliphatic carbocycles. The molecule has 1 heterocycles. The van der Waals surface area contributed by atoms with Crippen LogP contribution in [0.5, 0.6) is 11.5 Å². The molecule has 0 saturated carbocycles. The first-order valence-corrected chi connectivity index (χ1v) is 7.63. The minimum atomic E-state index is -0.731. The third kappa shape index (κ3) is 3.18. The number of nitrogens with zero attached hydrogens (tertiary/aromatic N) is 1. The predicted molar refractivity (Wildman–Crippen MR) is 84.2 cm³/mol. The molecule has 0 bridgehead atoms. The summed E-state index contributed by atoms with van der Waals surface area (Å²) in [6.45, 7) is 1.04. The van der Waals surface area contributed by atoms with E-state index in [4.69, 9.17) is 9.47 Å². The molecule has 0 aromatic heterocycles. The van der Waals surface area contributed by atoms with E-state index in [1.807, 2.05) is 6.07 Å². The van der Waals surface area contributed by atoms with Gasteiger partial charge in [-0.2, -0.15) is 0 Å². The van der Waals surface area contributed by atoms with Crippen LogP contribution in [0.4, 0.5) is 8.78 Å². The average Bonchev–Trinajstić information content (AvgIpc) is 2.56. The second kappa shape index (κ2) is 6.86. The molecule has 1 aliphatic heterocycles. The number of para-hydroxylation sites is 1. The molecule has 0 spiro atoms. The highest BCUT2D eigenvalue weighted by molar-refractivity contribution is 5.94. The fraction of sp³-hybridized carbons (Fsp3) is 0.278. The van der Waals surface area contributed by atoms with Gasteiger partial charge in [-0.25, -0.2) is 8.78 Å². The van der Waals surface area contributed by atoms with Gasteiger partial charge in [-0.1, -0.05) is 12.1 Å². The summed E-state index contributed by atoms with van der Waals surface area (Å²) in [5.41, 5.74) is 0.500. The van der Waals surface area contributed by atoms with Crippen molar-refractivity contribution in [3.05, 3.63) is 59.2 Å². The molecule has 4 nitrogen and oxygen atoms in total. The van der Waals surface area contributed by atoms with E-state index < -0.39 is 17.5 Å². The van der Waals surface area contributed by atoms with Crippen molar-refractivity contribution in [3.63, 3.8) is 0 Å². The van der Waals surface area contributed by atoms with Crippen molar-refractivity contribution in [2.75, 3.05) is 20.3 Å². The quantitative estimate of drug-likeness (QED) is 0.845. The summed E-state index contributed by atoms with van der Waals surface area (Å²) in [4.78, 5) is 14.1. The Morgan fingerprint density at radius 3 is 2.88 bits per heavy atom. The monoisotopic (exact) mass is 333 g/mol. The summed E-state index contributed by atoms with van der Waals surface area (Å²) < 4.78 is 38.3. The minimum absolute atomic E-state index is 0.237. The SMILES string of the molecule is COc1cccc2c1OCCCN(C(=O)c1cc(F)ccc1F)C2. The fourth-order valence-corrected chi connectivity index (χ4v) is 2.73. The van der Waals surface area contributed by atoms with Gasteiger partial charge in [0.15, 0.2) is 11.5 Å². The maximum absolute atomic E-state index is 13.9. The van der Waals surface area contributed by atoms with Crippen LogP contribution in [-0.2, 0) is 6.54 Å². The van der Waals surface area contributed by atoms with E-state index in [2.05, 4.69) is 0 Å². The van der Waals surface area contributed by atoms with Crippen LogP contribution in [0.15, 0.2) is 36.4 Å². The van der Waals surface area contributed by atoms with Gasteiger partial charge in [0, 0.05) is 18.7 Å². The lowest BCUT2D eigenvalue weighted by Gasteiger charge is -2.27. The van der Waals surface area contributed by atoms with Crippen molar-refractivity contribution in [1.82, 2.24) is 4.90 Å². The Balaban J connectivity index is 1.93. The first-order valence-electron chi connectivity index (χ1n) is 7.63. The molecule has 126 valence electrons. The van der Waals surface area contributed by atoms with E-state index in [9.17, 15) is 13.6 Å². The minimum Gasteiger partial charge on any atom is -0.493 e. The number of ether oxygens (including phenoxy) is 2. The number of hydrogen-bond acceptors (Lipinski definition) is 3. The summed E-state index contributed by atoms with van der Waals surface area (Å²) in [5, 5.41) is 0. The highest BCUT2D eigenvalue weighted by Gasteiger charge is 2.24. The Kier molecular flexibility index (Phi) is 4.64. The van der Waals surface area contributed by atoms with Crippen LogP contribution >= 0.6 is 0 Å². The zero-order valence-electron chi connectivity index (χ0n) is 13.2. The molecule has 24 heavy (non-hydrogen) atoms. The van der Waals surface area contributed by atoms with E-state index >= 15 is 0 Å². The van der Waals surface area contributed by atoms with E-state index in [1.54, 1.807) is 19.2 Å². The van der Waals surface area contributed by atoms with E-state index in [0.29, 0.717) is 31.1 Å². The zero-order chi connectivity index (χ0) is 17.1. The molecule has 3 rings (SSSR count). The maximum Gasteiger partial charge on any atom is 0.257 e. The normalized spacial score (nSPS) is 14.2. The molecule has 1 amide bonds. The molecule has 0 atom stereocenters. The molecule has 2 aromatic rings. The lowest BCUT2D eigenvalue weighted by Crippen LogP contribution is -2.34. The third-order valence-corrected chi connectivity index (χ3v) is 3.91. The van der Waals surface area contributed by atoms with Crippen molar-refractivity contribution < 1.29 is 23.0 Å². The van der Waals surface area contributed by atoms with Crippen molar-refractivity contribution in [2.24, 2.45) is 0 Å². The largest absolute Gasteiger partial charge is 0.493 e. The zero-order valence-corrected chi connectivity index (χ0v) is 13.2. The molecular weight excluding hydrogens is 316 g/mol. The van der Waals surface area contributed by atoms with Crippen molar-refractivity contribution in [3.8, 4) is 11.5 Å². The number of carbonyl (C=O) groups excluding carboxylic acids is 1. The van der Waals surface area contributed by atoms with Crippen LogP contribution in [0.3, 0.4) is 0 Å². The Hall–Kier alpha value is -2.63. The van der Waals surface area contributed by atoms with Gasteiger partial charge in [0.25, 0.3) is 5.91 Å². The van der Waals surface area contributed by atoms with Gasteiger partial charge in [-0.05, 0) is 30.7 Å². The van der Waals surface area contributed by atoms with Gasteiger partial charge in [0.05, 0.1) is 19.3 Å². The summed E-state index contributed by atoms with van der Waals surface area (Å²) in [6.07, 6.45) is 0.583. The lowest BCUT2D eigenvalue weighted by molar-refractivity contribution is 0.0716. The summed E-state index contributed by atoms with van der Waals surface area (Å²) in [7, 11) is 1.54. The fourth-order valence-electron chi connectivity index (χ4n) is 2.73. The Morgan fingerprint density at radius 1 is 1.25 bits per heavy atom. The number of carbonyl (C=O) groups is 1. The van der Waals surface area contributed by atoms with E-state index in [0.717, 1.165) is 23.8 Å². The van der Waals surface area contributed by atoms with Crippen LogP contribution in [0.25, 0.3) is 0 Å². The van der Waals surface area contributed by atoms with Gasteiger partial charge >= 0.3 is 0 Å². The molecule has 0 fully saturated rings. The number of hydrogen-bond donors (Lipinski definition) is 0. The van der Waals surface area contributed by atoms with Gasteiger partial charge in [-0.3, -0.25) is 4.79 Å². The second-order valence-electron chi connectivity index (χ2n) is 5.50. The second-order valence-corrected chi connectivity index (χ2v) is 5.50. The van der Waals surface area contributed by atoms with Gasteiger partial charge < -0.3 is 14.4 Å². The maximum atomic E-state index is 13.9. The van der Waals surface area contributed by atoms with E-state index in [-0.39, 0.29) is 12.1 Å². The number of fused-ring (bicyclic) bond motifs is 1. The van der Waals surface area contributed by atoms with Gasteiger partial charge in [0.1, 0.15) is 11.6 Å². The van der Waals surface area contributed by atoms with Crippen molar-refractivity contribution >= 4 is 5.91 Å². The molecule has 0 saturated heterocycles. The molecule has 0 N–H and O–H groups in total. The molecular formula is C18H17F2NO3. The highest BCUT2D eigenvalue weighted by atomic mass is 19.1. The number of rotatable bonds is 2. The van der Waals surface area contributed by atoms with Crippen LogP contribution in [0.1, 0.15) is 22.3 Å². The van der Waals surface area contributed by atoms with E-state index in [1.165, 1.54) is 4.90 Å². The summed E-state index contributed by atoms with van der Waals surface area (Å²) in [5.74, 6) is -0.749. The summed E-state index contributed by atoms with van der Waals surface area (Å²) >= 11 is 0. The Labute approximate surface area is 138 Å². The molecule has 1 aliphatic rings. The lowest BCUT2D eigenvalue weighted by atomic mass is 10.1. The Bertz CT molecular complexity index is 764. The van der Waals surface area contributed by atoms with Crippen molar-refractivity contribution in [2.45, 2.75) is 13.0 Å². The first kappa shape index (κ1) is 16.2. The predicted octanol–water partition coefficient (Wildman–Crippen LogP) is 3.40. The summed E-state index contributed by atoms with van der Waals surface area (Å²) in [6, 6.07) is 8.29. The molecule has 6 heteroatoms. The number of halogens is 2. The number of methoxy groups -OCH3 is 1. The molecule has 2 aromatic carbocycles. The third-order valence-electron chi connectivity index (χ3n) is 3.91. The molecule has 0 unspecified atom stereocenters. The standard InChI is InChI=1S/C18H17F2NO3/c1-23-16-5-2-4-12-11-21(8-3-9-24-17(12)16)18(22)14-10-13(19)6-7-15(14)20/h2,4-7,10H,3,8-9,11H2,1H3. The molecule has 0 radical (unpaired) electrons. The van der Waals surface area contributed by atoms with Gasteiger partial charge in [0.2, 0.25) is 0 Å². The van der Waals surface area contributed by atoms with Gasteiger partial charge in [-0.15, -0.1) is 0 Å². The number of benzene rings is 2.